The van der Waals surface area contributed by atoms with Gasteiger partial charge in [0.2, 0.25) is 0 Å². The lowest BCUT2D eigenvalue weighted by Gasteiger charge is -2.34. The fourth-order valence-electron chi connectivity index (χ4n) is 2.84. The summed E-state index contributed by atoms with van der Waals surface area (Å²) in [4.78, 5) is 6.16. The lowest BCUT2D eigenvalue weighted by Crippen LogP contribution is -2.38. The molecule has 1 aromatic carbocycles. The van der Waals surface area contributed by atoms with Crippen LogP contribution in [0, 0.1) is 0 Å². The third-order valence-electron chi connectivity index (χ3n) is 4.07. The fourth-order valence-corrected chi connectivity index (χ4v) is 2.84. The van der Waals surface area contributed by atoms with Crippen LogP contribution >= 0.6 is 0 Å². The van der Waals surface area contributed by atoms with Crippen molar-refractivity contribution in [2.75, 3.05) is 19.7 Å². The average Bonchev–Trinajstić information content (AvgIpc) is 2.92. The van der Waals surface area contributed by atoms with Gasteiger partial charge in [-0.1, -0.05) is 18.2 Å². The number of aryl methyl sites for hydroxylation is 1. The molecule has 1 aliphatic rings. The SMILES string of the molecule is Cn1cncc1CN1CCOC(c2ccccc2C(F)(F)F)C1. The topological polar surface area (TPSA) is 30.3 Å². The van der Waals surface area contributed by atoms with Gasteiger partial charge in [-0.25, -0.2) is 4.98 Å². The lowest BCUT2D eigenvalue weighted by molar-refractivity contribution is -0.140. The first kappa shape index (κ1) is 16.0. The molecule has 124 valence electrons. The molecule has 4 nitrogen and oxygen atoms in total. The minimum atomic E-state index is -4.37. The van der Waals surface area contributed by atoms with Gasteiger partial charge in [-0.15, -0.1) is 0 Å². The van der Waals surface area contributed by atoms with E-state index in [9.17, 15) is 13.2 Å². The molecular formula is C16H18F3N3O. The molecule has 0 radical (unpaired) electrons. The molecule has 3 rings (SSSR count). The molecule has 1 unspecified atom stereocenters. The molecule has 1 fully saturated rings. The van der Waals surface area contributed by atoms with Crippen LogP contribution in [0.1, 0.15) is 22.9 Å². The average molecular weight is 325 g/mol. The molecule has 1 aromatic heterocycles. The summed E-state index contributed by atoms with van der Waals surface area (Å²) in [5.74, 6) is 0. The highest BCUT2D eigenvalue weighted by Crippen LogP contribution is 2.36. The number of hydrogen-bond donors (Lipinski definition) is 0. The first-order chi connectivity index (χ1) is 10.9. The maximum Gasteiger partial charge on any atom is 0.416 e. The molecule has 2 heterocycles. The van der Waals surface area contributed by atoms with Gasteiger partial charge in [0.25, 0.3) is 0 Å². The van der Waals surface area contributed by atoms with Gasteiger partial charge < -0.3 is 9.30 Å². The van der Waals surface area contributed by atoms with E-state index >= 15 is 0 Å². The van der Waals surface area contributed by atoms with Gasteiger partial charge in [0.15, 0.2) is 0 Å². The summed E-state index contributed by atoms with van der Waals surface area (Å²) in [5.41, 5.74) is 0.608. The summed E-state index contributed by atoms with van der Waals surface area (Å²) in [5, 5.41) is 0. The molecule has 0 aliphatic carbocycles. The van der Waals surface area contributed by atoms with Crippen LogP contribution in [0.25, 0.3) is 0 Å². The van der Waals surface area contributed by atoms with Crippen LogP contribution in [0.4, 0.5) is 13.2 Å². The number of rotatable bonds is 3. The quantitative estimate of drug-likeness (QED) is 0.869. The molecule has 0 N–H and O–H groups in total. The molecule has 0 spiro atoms. The Labute approximate surface area is 132 Å². The second-order valence-corrected chi connectivity index (χ2v) is 5.68. The monoisotopic (exact) mass is 325 g/mol. The standard InChI is InChI=1S/C16H18F3N3O/c1-21-11-20-8-12(21)9-22-6-7-23-15(10-22)13-4-2-3-5-14(13)16(17,18)19/h2-5,8,11,15H,6-7,9-10H2,1H3. The van der Waals surface area contributed by atoms with Gasteiger partial charge in [-0.2, -0.15) is 13.2 Å². The number of morpholine rings is 1. The van der Waals surface area contributed by atoms with Crippen molar-refractivity contribution >= 4 is 0 Å². The molecule has 0 saturated carbocycles. The van der Waals surface area contributed by atoms with Crippen LogP contribution in [0.5, 0.6) is 0 Å². The third kappa shape index (κ3) is 3.56. The van der Waals surface area contributed by atoms with Crippen molar-refractivity contribution in [3.05, 3.63) is 53.6 Å². The highest BCUT2D eigenvalue weighted by atomic mass is 19.4. The van der Waals surface area contributed by atoms with Crippen molar-refractivity contribution < 1.29 is 17.9 Å². The van der Waals surface area contributed by atoms with Crippen LogP contribution in [0.3, 0.4) is 0 Å². The zero-order chi connectivity index (χ0) is 16.4. The molecule has 23 heavy (non-hydrogen) atoms. The first-order valence-electron chi connectivity index (χ1n) is 7.40. The van der Waals surface area contributed by atoms with E-state index in [1.807, 2.05) is 11.6 Å². The zero-order valence-electron chi connectivity index (χ0n) is 12.8. The summed E-state index contributed by atoms with van der Waals surface area (Å²) < 4.78 is 47.1. The van der Waals surface area contributed by atoms with E-state index in [-0.39, 0.29) is 5.56 Å². The number of ether oxygens (including phenoxy) is 1. The zero-order valence-corrected chi connectivity index (χ0v) is 12.8. The van der Waals surface area contributed by atoms with Crippen LogP contribution in [-0.4, -0.2) is 34.1 Å². The second-order valence-electron chi connectivity index (χ2n) is 5.68. The van der Waals surface area contributed by atoms with E-state index in [1.54, 1.807) is 18.6 Å². The van der Waals surface area contributed by atoms with Crippen molar-refractivity contribution in [3.63, 3.8) is 0 Å². The Bertz CT molecular complexity index is 669. The number of benzene rings is 1. The van der Waals surface area contributed by atoms with Crippen LogP contribution in [0.2, 0.25) is 0 Å². The molecule has 0 amide bonds. The minimum Gasteiger partial charge on any atom is -0.371 e. The maximum absolute atomic E-state index is 13.2. The number of halogens is 3. The Morgan fingerprint density at radius 3 is 2.78 bits per heavy atom. The number of imidazole rings is 1. The summed E-state index contributed by atoms with van der Waals surface area (Å²) >= 11 is 0. The molecule has 2 aromatic rings. The van der Waals surface area contributed by atoms with Crippen molar-refractivity contribution in [1.82, 2.24) is 14.5 Å². The van der Waals surface area contributed by atoms with Gasteiger partial charge >= 0.3 is 6.18 Å². The molecule has 0 bridgehead atoms. The van der Waals surface area contributed by atoms with E-state index in [1.165, 1.54) is 12.1 Å². The third-order valence-corrected chi connectivity index (χ3v) is 4.07. The van der Waals surface area contributed by atoms with Gasteiger partial charge in [0.1, 0.15) is 0 Å². The Morgan fingerprint density at radius 1 is 1.30 bits per heavy atom. The predicted molar refractivity (Wildman–Crippen MR) is 78.6 cm³/mol. The fraction of sp³-hybridized carbons (Fsp3) is 0.438. The summed E-state index contributed by atoms with van der Waals surface area (Å²) in [6.07, 6.45) is -1.46. The number of nitrogens with zero attached hydrogens (tertiary/aromatic N) is 3. The van der Waals surface area contributed by atoms with E-state index in [0.717, 1.165) is 11.8 Å². The molecule has 1 aliphatic heterocycles. The van der Waals surface area contributed by atoms with Crippen molar-refractivity contribution in [2.24, 2.45) is 7.05 Å². The van der Waals surface area contributed by atoms with Crippen molar-refractivity contribution in [3.8, 4) is 0 Å². The summed E-state index contributed by atoms with van der Waals surface area (Å²) in [7, 11) is 1.90. The Morgan fingerprint density at radius 2 is 2.09 bits per heavy atom. The molecule has 7 heteroatoms. The first-order valence-corrected chi connectivity index (χ1v) is 7.40. The second kappa shape index (κ2) is 6.33. The van der Waals surface area contributed by atoms with Gasteiger partial charge in [-0.05, 0) is 11.6 Å². The summed E-state index contributed by atoms with van der Waals surface area (Å²) in [6.45, 7) is 2.17. The highest BCUT2D eigenvalue weighted by Gasteiger charge is 2.36. The Balaban J connectivity index is 1.78. The molecule has 1 saturated heterocycles. The molecule has 1 atom stereocenters. The predicted octanol–water partition coefficient (Wildman–Crippen LogP) is 3.01. The van der Waals surface area contributed by atoms with E-state index in [4.69, 9.17) is 4.74 Å². The van der Waals surface area contributed by atoms with Crippen LogP contribution < -0.4 is 0 Å². The molecular weight excluding hydrogens is 307 g/mol. The lowest BCUT2D eigenvalue weighted by atomic mass is 10.0. The number of hydrogen-bond acceptors (Lipinski definition) is 3. The smallest absolute Gasteiger partial charge is 0.371 e. The number of aromatic nitrogens is 2. The largest absolute Gasteiger partial charge is 0.416 e. The van der Waals surface area contributed by atoms with E-state index in [0.29, 0.717) is 26.2 Å². The van der Waals surface area contributed by atoms with Gasteiger partial charge in [0, 0.05) is 32.9 Å². The Hall–Kier alpha value is -1.86. The van der Waals surface area contributed by atoms with Crippen LogP contribution in [-0.2, 0) is 24.5 Å². The highest BCUT2D eigenvalue weighted by molar-refractivity contribution is 5.32. The van der Waals surface area contributed by atoms with E-state index in [2.05, 4.69) is 9.88 Å². The van der Waals surface area contributed by atoms with Crippen molar-refractivity contribution in [1.29, 1.82) is 0 Å². The van der Waals surface area contributed by atoms with E-state index < -0.39 is 17.8 Å². The van der Waals surface area contributed by atoms with Gasteiger partial charge in [-0.3, -0.25) is 4.90 Å². The van der Waals surface area contributed by atoms with Crippen molar-refractivity contribution in [2.45, 2.75) is 18.8 Å². The maximum atomic E-state index is 13.2. The van der Waals surface area contributed by atoms with Crippen LogP contribution in [0.15, 0.2) is 36.8 Å². The minimum absolute atomic E-state index is 0.203. The normalized spacial score (nSPS) is 19.9. The summed E-state index contributed by atoms with van der Waals surface area (Å²) in [6, 6.07) is 5.64. The number of alkyl halides is 3. The van der Waals surface area contributed by atoms with Gasteiger partial charge in [0.05, 0.1) is 30.3 Å². The Kier molecular flexibility index (Phi) is 4.41.